The lowest BCUT2D eigenvalue weighted by molar-refractivity contribution is -0.239. The molecule has 126 valence electrons. The van der Waals surface area contributed by atoms with Crippen molar-refractivity contribution in [3.8, 4) is 0 Å². The van der Waals surface area contributed by atoms with Crippen molar-refractivity contribution in [3.63, 3.8) is 0 Å². The summed E-state index contributed by atoms with van der Waals surface area (Å²) in [4.78, 5) is 33.1. The molecule has 2 rings (SSSR count). The maximum Gasteiger partial charge on any atom is 0.386 e. The van der Waals surface area contributed by atoms with Gasteiger partial charge in [0, 0.05) is 0 Å². The SMILES string of the molecule is CCCCCC1CCC(C(=O)OOC(=O)c2ccccc2)CC1. The topological polar surface area (TPSA) is 52.6 Å². The Hall–Kier alpha value is -1.84. The zero-order chi connectivity index (χ0) is 16.5. The Morgan fingerprint density at radius 1 is 1.00 bits per heavy atom. The molecule has 23 heavy (non-hydrogen) atoms. The van der Waals surface area contributed by atoms with E-state index in [0.29, 0.717) is 5.56 Å². The standard InChI is InChI=1S/C19H26O4/c1-2-3-5-8-15-11-13-17(14-12-15)19(21)23-22-18(20)16-9-6-4-7-10-16/h4,6-7,9-10,15,17H,2-3,5,8,11-14H2,1H3. The Labute approximate surface area is 138 Å². The lowest BCUT2D eigenvalue weighted by atomic mass is 9.80. The minimum atomic E-state index is -0.632. The summed E-state index contributed by atoms with van der Waals surface area (Å²) in [6.07, 6.45) is 8.87. The van der Waals surface area contributed by atoms with Gasteiger partial charge in [-0.1, -0.05) is 50.8 Å². The second-order valence-corrected chi connectivity index (χ2v) is 6.35. The molecule has 1 aromatic carbocycles. The molecule has 0 N–H and O–H groups in total. The van der Waals surface area contributed by atoms with Gasteiger partial charge in [-0.25, -0.2) is 19.4 Å². The average Bonchev–Trinajstić information content (AvgIpc) is 2.61. The number of rotatable bonds is 6. The smallest absolute Gasteiger partial charge is 0.247 e. The molecule has 1 aromatic rings. The zero-order valence-electron chi connectivity index (χ0n) is 13.8. The van der Waals surface area contributed by atoms with Gasteiger partial charge in [-0.05, 0) is 43.7 Å². The number of hydrogen-bond donors (Lipinski definition) is 0. The van der Waals surface area contributed by atoms with E-state index < -0.39 is 11.9 Å². The van der Waals surface area contributed by atoms with Crippen molar-refractivity contribution in [3.05, 3.63) is 35.9 Å². The van der Waals surface area contributed by atoms with Crippen molar-refractivity contribution in [2.24, 2.45) is 11.8 Å². The van der Waals surface area contributed by atoms with Gasteiger partial charge in [-0.15, -0.1) is 0 Å². The van der Waals surface area contributed by atoms with Gasteiger partial charge in [-0.2, -0.15) is 0 Å². The fourth-order valence-corrected chi connectivity index (χ4v) is 3.14. The van der Waals surface area contributed by atoms with Crippen molar-refractivity contribution in [1.82, 2.24) is 0 Å². The van der Waals surface area contributed by atoms with Crippen molar-refractivity contribution in [2.75, 3.05) is 0 Å². The molecule has 4 nitrogen and oxygen atoms in total. The molecule has 0 radical (unpaired) electrons. The first kappa shape index (κ1) is 17.5. The summed E-state index contributed by atoms with van der Waals surface area (Å²) in [6.45, 7) is 2.21. The van der Waals surface area contributed by atoms with Gasteiger partial charge < -0.3 is 0 Å². The first-order chi connectivity index (χ1) is 11.2. The molecule has 0 amide bonds. The summed E-state index contributed by atoms with van der Waals surface area (Å²) in [5.41, 5.74) is 0.375. The highest BCUT2D eigenvalue weighted by molar-refractivity contribution is 5.89. The number of carbonyl (C=O) groups is 2. The van der Waals surface area contributed by atoms with Gasteiger partial charge in [0.05, 0.1) is 11.5 Å². The molecular weight excluding hydrogens is 292 g/mol. The van der Waals surface area contributed by atoms with Gasteiger partial charge >= 0.3 is 11.9 Å². The molecule has 0 bridgehead atoms. The van der Waals surface area contributed by atoms with Crippen LogP contribution in [0.3, 0.4) is 0 Å². The highest BCUT2D eigenvalue weighted by Gasteiger charge is 2.28. The summed E-state index contributed by atoms with van der Waals surface area (Å²) >= 11 is 0. The van der Waals surface area contributed by atoms with Crippen LogP contribution in [0.4, 0.5) is 0 Å². The number of benzene rings is 1. The van der Waals surface area contributed by atoms with Gasteiger partial charge in [0.1, 0.15) is 0 Å². The number of unbranched alkanes of at least 4 members (excludes halogenated alkanes) is 2. The van der Waals surface area contributed by atoms with E-state index in [9.17, 15) is 9.59 Å². The van der Waals surface area contributed by atoms with Gasteiger partial charge in [-0.3, -0.25) is 0 Å². The van der Waals surface area contributed by atoms with E-state index in [2.05, 4.69) is 11.8 Å². The maximum atomic E-state index is 12.0. The van der Waals surface area contributed by atoms with Gasteiger partial charge in [0.2, 0.25) is 0 Å². The van der Waals surface area contributed by atoms with Crippen LogP contribution in [0.25, 0.3) is 0 Å². The number of carbonyl (C=O) groups excluding carboxylic acids is 2. The highest BCUT2D eigenvalue weighted by Crippen LogP contribution is 2.32. The Morgan fingerprint density at radius 2 is 1.70 bits per heavy atom. The first-order valence-corrected chi connectivity index (χ1v) is 8.68. The van der Waals surface area contributed by atoms with Crippen molar-refractivity contribution in [2.45, 2.75) is 58.3 Å². The molecule has 0 spiro atoms. The summed E-state index contributed by atoms with van der Waals surface area (Å²) < 4.78 is 0. The predicted octanol–water partition coefficient (Wildman–Crippen LogP) is 4.69. The molecule has 1 aliphatic carbocycles. The van der Waals surface area contributed by atoms with Crippen LogP contribution in [-0.4, -0.2) is 11.9 Å². The van der Waals surface area contributed by atoms with Crippen molar-refractivity contribution < 1.29 is 19.4 Å². The number of hydrogen-bond acceptors (Lipinski definition) is 4. The van der Waals surface area contributed by atoms with Gasteiger partial charge in [0.25, 0.3) is 0 Å². The summed E-state index contributed by atoms with van der Waals surface area (Å²) in [7, 11) is 0. The molecule has 0 aromatic heterocycles. The average molecular weight is 318 g/mol. The largest absolute Gasteiger partial charge is 0.386 e. The summed E-state index contributed by atoms with van der Waals surface area (Å²) in [5.74, 6) is -0.452. The van der Waals surface area contributed by atoms with Crippen molar-refractivity contribution in [1.29, 1.82) is 0 Å². The fraction of sp³-hybridized carbons (Fsp3) is 0.579. The van der Waals surface area contributed by atoms with Crippen molar-refractivity contribution >= 4 is 11.9 Å². The van der Waals surface area contributed by atoms with Gasteiger partial charge in [0.15, 0.2) is 0 Å². The van der Waals surface area contributed by atoms with E-state index in [1.54, 1.807) is 24.3 Å². The molecule has 0 saturated heterocycles. The van der Waals surface area contributed by atoms with E-state index in [0.717, 1.165) is 31.6 Å². The lowest BCUT2D eigenvalue weighted by Crippen LogP contribution is -2.25. The van der Waals surface area contributed by atoms with Crippen LogP contribution in [0.15, 0.2) is 30.3 Å². The van der Waals surface area contributed by atoms with E-state index in [-0.39, 0.29) is 5.92 Å². The second-order valence-electron chi connectivity index (χ2n) is 6.35. The van der Waals surface area contributed by atoms with Crippen LogP contribution >= 0.6 is 0 Å². The third kappa shape index (κ3) is 5.70. The molecule has 1 aliphatic rings. The van der Waals surface area contributed by atoms with Crippen LogP contribution in [0.1, 0.15) is 68.6 Å². The maximum absolute atomic E-state index is 12.0. The Morgan fingerprint density at radius 3 is 2.35 bits per heavy atom. The quantitative estimate of drug-likeness (QED) is 0.434. The monoisotopic (exact) mass is 318 g/mol. The second kappa shape index (κ2) is 9.33. The van der Waals surface area contributed by atoms with Crippen LogP contribution < -0.4 is 0 Å². The Balaban J connectivity index is 1.68. The van der Waals surface area contributed by atoms with Crippen LogP contribution in [-0.2, 0) is 14.6 Å². The minimum Gasteiger partial charge on any atom is -0.247 e. The van der Waals surface area contributed by atoms with E-state index in [1.807, 2.05) is 6.07 Å². The Bertz CT molecular complexity index is 489. The molecule has 0 aliphatic heterocycles. The molecular formula is C19H26O4. The third-order valence-electron chi connectivity index (χ3n) is 4.60. The third-order valence-corrected chi connectivity index (χ3v) is 4.60. The predicted molar refractivity (Wildman–Crippen MR) is 87.5 cm³/mol. The molecule has 0 heterocycles. The summed E-state index contributed by atoms with van der Waals surface area (Å²) in [6, 6.07) is 8.52. The molecule has 4 heteroatoms. The summed E-state index contributed by atoms with van der Waals surface area (Å²) in [5, 5.41) is 0. The van der Waals surface area contributed by atoms with Crippen LogP contribution in [0.2, 0.25) is 0 Å². The Kier molecular flexibility index (Phi) is 7.11. The lowest BCUT2D eigenvalue weighted by Gasteiger charge is -2.26. The fourth-order valence-electron chi connectivity index (χ4n) is 3.14. The molecule has 1 fully saturated rings. The zero-order valence-corrected chi connectivity index (χ0v) is 13.8. The molecule has 0 atom stereocenters. The minimum absolute atomic E-state index is 0.138. The van der Waals surface area contributed by atoms with E-state index >= 15 is 0 Å². The van der Waals surface area contributed by atoms with Crippen LogP contribution in [0, 0.1) is 11.8 Å². The van der Waals surface area contributed by atoms with E-state index in [4.69, 9.17) is 4.89 Å². The normalized spacial score (nSPS) is 20.7. The first-order valence-electron chi connectivity index (χ1n) is 8.68. The molecule has 0 unspecified atom stereocenters. The highest BCUT2D eigenvalue weighted by atomic mass is 17.2. The van der Waals surface area contributed by atoms with E-state index in [1.165, 1.54) is 25.7 Å². The van der Waals surface area contributed by atoms with Crippen LogP contribution in [0.5, 0.6) is 0 Å². The molecule has 1 saturated carbocycles.